The largest absolute Gasteiger partial charge is 0.496 e. The molecule has 1 aliphatic rings. The minimum absolute atomic E-state index is 0.0127. The van der Waals surface area contributed by atoms with Gasteiger partial charge in [0.25, 0.3) is 5.78 Å². The topological polar surface area (TPSA) is 55.6 Å². The zero-order valence-corrected chi connectivity index (χ0v) is 15.4. The highest BCUT2D eigenvalue weighted by Crippen LogP contribution is 2.34. The maximum atomic E-state index is 13.4. The number of nitrogens with zero attached hydrogens (tertiary/aromatic N) is 5. The molecule has 3 heterocycles. The van der Waals surface area contributed by atoms with Crippen LogP contribution in [-0.4, -0.2) is 44.7 Å². The van der Waals surface area contributed by atoms with Gasteiger partial charge < -0.3 is 4.74 Å². The van der Waals surface area contributed by atoms with Gasteiger partial charge in [0, 0.05) is 23.7 Å². The van der Waals surface area contributed by atoms with E-state index in [4.69, 9.17) is 4.74 Å². The van der Waals surface area contributed by atoms with Crippen molar-refractivity contribution in [1.29, 1.82) is 0 Å². The Morgan fingerprint density at radius 3 is 2.64 bits per heavy atom. The summed E-state index contributed by atoms with van der Waals surface area (Å²) in [6.45, 7) is 2.31. The van der Waals surface area contributed by atoms with Crippen LogP contribution in [-0.2, 0) is 12.7 Å². The van der Waals surface area contributed by atoms with Gasteiger partial charge in [0.05, 0.1) is 7.11 Å². The minimum atomic E-state index is -4.51. The highest BCUT2D eigenvalue weighted by Gasteiger charge is 2.36. The molecule has 0 spiro atoms. The van der Waals surface area contributed by atoms with Gasteiger partial charge in [0.1, 0.15) is 12.1 Å². The van der Waals surface area contributed by atoms with Crippen molar-refractivity contribution in [2.24, 2.45) is 0 Å². The molecule has 148 valence electrons. The minimum Gasteiger partial charge on any atom is -0.496 e. The first-order valence-electron chi connectivity index (χ1n) is 9.08. The molecule has 0 radical (unpaired) electrons. The fourth-order valence-corrected chi connectivity index (χ4v) is 3.70. The van der Waals surface area contributed by atoms with Crippen LogP contribution >= 0.6 is 0 Å². The van der Waals surface area contributed by atoms with Gasteiger partial charge in [-0.15, -0.1) is 0 Å². The molecule has 0 atom stereocenters. The second-order valence-electron chi connectivity index (χ2n) is 6.90. The van der Waals surface area contributed by atoms with E-state index < -0.39 is 11.9 Å². The summed E-state index contributed by atoms with van der Waals surface area (Å²) in [4.78, 5) is 10.5. The molecule has 1 aliphatic heterocycles. The summed E-state index contributed by atoms with van der Waals surface area (Å²) >= 11 is 0. The second-order valence-corrected chi connectivity index (χ2v) is 6.90. The Morgan fingerprint density at radius 2 is 1.93 bits per heavy atom. The van der Waals surface area contributed by atoms with Crippen LogP contribution in [0.2, 0.25) is 0 Å². The average Bonchev–Trinajstić information content (AvgIpc) is 3.16. The lowest BCUT2D eigenvalue weighted by Gasteiger charge is -2.32. The maximum Gasteiger partial charge on any atom is 0.433 e. The highest BCUT2D eigenvalue weighted by molar-refractivity contribution is 5.34. The number of benzene rings is 1. The molecule has 1 aromatic carbocycles. The molecule has 0 N–H and O–H groups in total. The number of fused-ring (bicyclic) bond motifs is 1. The molecule has 6 nitrogen and oxygen atoms in total. The van der Waals surface area contributed by atoms with Gasteiger partial charge in [0.15, 0.2) is 5.69 Å². The number of aromatic nitrogens is 4. The Labute approximate surface area is 160 Å². The lowest BCUT2D eigenvalue weighted by Crippen LogP contribution is -2.33. The first-order valence-corrected chi connectivity index (χ1v) is 9.08. The van der Waals surface area contributed by atoms with Crippen molar-refractivity contribution in [3.05, 3.63) is 53.6 Å². The van der Waals surface area contributed by atoms with E-state index >= 15 is 0 Å². The number of hydrogen-bond acceptors (Lipinski definition) is 5. The van der Waals surface area contributed by atoms with Crippen LogP contribution in [0, 0.1) is 0 Å². The summed E-state index contributed by atoms with van der Waals surface area (Å²) < 4.78 is 46.3. The standard InChI is InChI=1S/C19H20F3N5O/c1-28-16-5-3-2-4-14(16)11-26-8-6-13(7-9-26)15-10-17(19(20,21)22)27-18(25-15)23-12-24-27/h2-5,10,12-13H,6-9,11H2,1H3. The van der Waals surface area contributed by atoms with Crippen LogP contribution < -0.4 is 4.74 Å². The number of halogens is 3. The number of hydrogen-bond donors (Lipinski definition) is 0. The van der Waals surface area contributed by atoms with Crippen molar-refractivity contribution in [2.45, 2.75) is 31.5 Å². The Hall–Kier alpha value is -2.68. The Kier molecular flexibility index (Phi) is 4.92. The van der Waals surface area contributed by atoms with Crippen LogP contribution in [0.15, 0.2) is 36.7 Å². The van der Waals surface area contributed by atoms with Crippen molar-refractivity contribution in [3.8, 4) is 5.75 Å². The number of rotatable bonds is 4. The number of piperidine rings is 1. The summed E-state index contributed by atoms with van der Waals surface area (Å²) in [7, 11) is 1.65. The lowest BCUT2D eigenvalue weighted by atomic mass is 9.92. The zero-order chi connectivity index (χ0) is 19.7. The molecule has 0 amide bonds. The van der Waals surface area contributed by atoms with Gasteiger partial charge in [-0.1, -0.05) is 18.2 Å². The Morgan fingerprint density at radius 1 is 1.18 bits per heavy atom. The molecule has 0 aliphatic carbocycles. The van der Waals surface area contributed by atoms with Gasteiger partial charge in [-0.25, -0.2) is 4.98 Å². The second kappa shape index (κ2) is 7.38. The molecule has 1 saturated heterocycles. The Bertz CT molecular complexity index is 964. The van der Waals surface area contributed by atoms with E-state index in [-0.39, 0.29) is 11.7 Å². The van der Waals surface area contributed by atoms with Gasteiger partial charge in [-0.3, -0.25) is 4.90 Å². The molecule has 4 rings (SSSR count). The molecule has 1 fully saturated rings. The van der Waals surface area contributed by atoms with Gasteiger partial charge in [-0.05, 0) is 38.1 Å². The van der Waals surface area contributed by atoms with E-state index in [1.54, 1.807) is 7.11 Å². The molecular formula is C19H20F3N5O. The quantitative estimate of drug-likeness (QED) is 0.681. The maximum absolute atomic E-state index is 13.4. The van der Waals surface area contributed by atoms with Crippen LogP contribution in [0.4, 0.5) is 13.2 Å². The third kappa shape index (κ3) is 3.66. The number of para-hydroxylation sites is 1. The first-order chi connectivity index (χ1) is 13.5. The summed E-state index contributed by atoms with van der Waals surface area (Å²) in [6, 6.07) is 8.97. The summed E-state index contributed by atoms with van der Waals surface area (Å²) in [5, 5.41) is 3.65. The van der Waals surface area contributed by atoms with Crippen molar-refractivity contribution in [1.82, 2.24) is 24.5 Å². The fourth-order valence-electron chi connectivity index (χ4n) is 3.70. The van der Waals surface area contributed by atoms with Crippen molar-refractivity contribution in [3.63, 3.8) is 0 Å². The molecule has 3 aromatic rings. The average molecular weight is 391 g/mol. The molecule has 0 saturated carbocycles. The molecule has 2 aromatic heterocycles. The van der Waals surface area contributed by atoms with Crippen molar-refractivity contribution in [2.75, 3.05) is 20.2 Å². The van der Waals surface area contributed by atoms with Crippen LogP contribution in [0.3, 0.4) is 0 Å². The smallest absolute Gasteiger partial charge is 0.433 e. The third-order valence-electron chi connectivity index (χ3n) is 5.15. The van der Waals surface area contributed by atoms with Crippen LogP contribution in [0.5, 0.6) is 5.75 Å². The summed E-state index contributed by atoms with van der Waals surface area (Å²) in [5.41, 5.74) is 0.706. The Balaban J connectivity index is 1.49. The highest BCUT2D eigenvalue weighted by atomic mass is 19.4. The van der Waals surface area contributed by atoms with Gasteiger partial charge in [-0.2, -0.15) is 27.8 Å². The monoisotopic (exact) mass is 391 g/mol. The van der Waals surface area contributed by atoms with Crippen molar-refractivity contribution >= 4 is 5.78 Å². The predicted octanol–water partition coefficient (Wildman–Crippen LogP) is 3.53. The first kappa shape index (κ1) is 18.7. The van der Waals surface area contributed by atoms with Crippen LogP contribution in [0.1, 0.15) is 35.7 Å². The molecule has 0 unspecified atom stereocenters. The van der Waals surface area contributed by atoms with E-state index in [1.807, 2.05) is 24.3 Å². The fraction of sp³-hybridized carbons (Fsp3) is 0.421. The number of ether oxygens (including phenoxy) is 1. The number of alkyl halides is 3. The third-order valence-corrected chi connectivity index (χ3v) is 5.15. The number of methoxy groups -OCH3 is 1. The number of likely N-dealkylation sites (tertiary alicyclic amines) is 1. The van der Waals surface area contributed by atoms with E-state index in [2.05, 4.69) is 20.0 Å². The van der Waals surface area contributed by atoms with E-state index in [1.165, 1.54) is 0 Å². The predicted molar refractivity (Wildman–Crippen MR) is 96.0 cm³/mol. The molecule has 0 bridgehead atoms. The molecular weight excluding hydrogens is 371 g/mol. The molecule has 9 heteroatoms. The van der Waals surface area contributed by atoms with Gasteiger partial charge in [0.2, 0.25) is 0 Å². The lowest BCUT2D eigenvalue weighted by molar-refractivity contribution is -0.142. The van der Waals surface area contributed by atoms with E-state index in [9.17, 15) is 13.2 Å². The summed E-state index contributed by atoms with van der Waals surface area (Å²) in [6.07, 6.45) is -1.93. The zero-order valence-electron chi connectivity index (χ0n) is 15.4. The van der Waals surface area contributed by atoms with E-state index in [0.29, 0.717) is 5.69 Å². The van der Waals surface area contributed by atoms with E-state index in [0.717, 1.165) is 60.7 Å². The van der Waals surface area contributed by atoms with Gasteiger partial charge >= 0.3 is 6.18 Å². The summed E-state index contributed by atoms with van der Waals surface area (Å²) in [5.74, 6) is 0.802. The van der Waals surface area contributed by atoms with Crippen LogP contribution in [0.25, 0.3) is 5.78 Å². The normalized spacial score (nSPS) is 16.6. The molecule has 28 heavy (non-hydrogen) atoms. The SMILES string of the molecule is COc1ccccc1CN1CCC(c2cc(C(F)(F)F)n3ncnc3n2)CC1. The van der Waals surface area contributed by atoms with Crippen molar-refractivity contribution < 1.29 is 17.9 Å².